The van der Waals surface area contributed by atoms with Crippen LogP contribution >= 0.6 is 0 Å². The molecular weight excluding hydrogens is 288 g/mol. The minimum atomic E-state index is 0.256. The van der Waals surface area contributed by atoms with Crippen LogP contribution in [0.1, 0.15) is 18.4 Å². The first-order chi connectivity index (χ1) is 11.3. The van der Waals surface area contributed by atoms with Crippen LogP contribution in [0.15, 0.2) is 30.3 Å². The van der Waals surface area contributed by atoms with Gasteiger partial charge in [-0.2, -0.15) is 0 Å². The van der Waals surface area contributed by atoms with Gasteiger partial charge in [0, 0.05) is 19.6 Å². The third-order valence-corrected chi connectivity index (χ3v) is 4.93. The highest BCUT2D eigenvalue weighted by Crippen LogP contribution is 2.20. The molecule has 23 heavy (non-hydrogen) atoms. The van der Waals surface area contributed by atoms with E-state index in [2.05, 4.69) is 47.2 Å². The maximum absolute atomic E-state index is 5.75. The summed E-state index contributed by atoms with van der Waals surface area (Å²) in [6, 6.07) is 10.8. The van der Waals surface area contributed by atoms with E-state index in [1.54, 1.807) is 0 Å². The Hall–Kier alpha value is -0.940. The molecule has 0 spiro atoms. The molecule has 0 N–H and O–H groups in total. The van der Waals surface area contributed by atoms with Crippen LogP contribution in [0.3, 0.4) is 0 Å². The number of hydrogen-bond acceptors (Lipinski definition) is 4. The molecule has 0 aromatic heterocycles. The minimum Gasteiger partial charge on any atom is -0.376 e. The lowest BCUT2D eigenvalue weighted by molar-refractivity contribution is -0.0967. The van der Waals surface area contributed by atoms with Gasteiger partial charge in [0.15, 0.2) is 0 Å². The minimum absolute atomic E-state index is 0.256. The average Bonchev–Trinajstić information content (AvgIpc) is 2.58. The number of hydrogen-bond donors (Lipinski definition) is 0. The van der Waals surface area contributed by atoms with Crippen molar-refractivity contribution in [3.63, 3.8) is 0 Å². The summed E-state index contributed by atoms with van der Waals surface area (Å²) in [6.45, 7) is 7.95. The van der Waals surface area contributed by atoms with E-state index < -0.39 is 0 Å². The number of piperidine rings is 1. The maximum Gasteiger partial charge on any atom is 0.0936 e. The fraction of sp³-hybridized carbons (Fsp3) is 0.684. The lowest BCUT2D eigenvalue weighted by Gasteiger charge is -2.35. The molecule has 0 aliphatic carbocycles. The summed E-state index contributed by atoms with van der Waals surface area (Å²) in [5.74, 6) is 0.816. The van der Waals surface area contributed by atoms with Crippen LogP contribution in [0, 0.1) is 5.92 Å². The van der Waals surface area contributed by atoms with Crippen molar-refractivity contribution in [2.45, 2.75) is 25.5 Å². The molecule has 2 heterocycles. The van der Waals surface area contributed by atoms with Crippen LogP contribution in [-0.2, 0) is 16.0 Å². The van der Waals surface area contributed by atoms with Crippen molar-refractivity contribution >= 4 is 0 Å². The van der Waals surface area contributed by atoms with Gasteiger partial charge in [0.05, 0.1) is 25.9 Å². The molecule has 3 rings (SSSR count). The molecule has 1 aromatic rings. The standard InChI is InChI=1S/C19H30N2O2/c1-20(15-19-16-22-11-12-23-19)13-18-7-9-21(10-8-18)14-17-5-3-2-4-6-17/h2-6,18-19H,7-16H2,1H3. The van der Waals surface area contributed by atoms with Crippen molar-refractivity contribution in [1.29, 1.82) is 0 Å². The summed E-state index contributed by atoms with van der Waals surface area (Å²) in [7, 11) is 2.22. The van der Waals surface area contributed by atoms with Gasteiger partial charge in [-0.05, 0) is 44.5 Å². The molecule has 0 bridgehead atoms. The predicted octanol–water partition coefficient (Wildman–Crippen LogP) is 2.25. The van der Waals surface area contributed by atoms with Crippen molar-refractivity contribution < 1.29 is 9.47 Å². The summed E-state index contributed by atoms with van der Waals surface area (Å²) >= 11 is 0. The zero-order valence-corrected chi connectivity index (χ0v) is 14.3. The maximum atomic E-state index is 5.75. The molecule has 2 aliphatic rings. The van der Waals surface area contributed by atoms with E-state index in [0.29, 0.717) is 0 Å². The number of ether oxygens (including phenoxy) is 2. The number of rotatable bonds is 6. The topological polar surface area (TPSA) is 24.9 Å². The molecule has 2 saturated heterocycles. The van der Waals surface area contributed by atoms with Crippen LogP contribution in [0.25, 0.3) is 0 Å². The lowest BCUT2D eigenvalue weighted by Crippen LogP contribution is -2.42. The van der Waals surface area contributed by atoms with Gasteiger partial charge in [0.25, 0.3) is 0 Å². The van der Waals surface area contributed by atoms with Gasteiger partial charge in [0.1, 0.15) is 0 Å². The van der Waals surface area contributed by atoms with Crippen molar-refractivity contribution in [3.8, 4) is 0 Å². The van der Waals surface area contributed by atoms with E-state index in [0.717, 1.165) is 38.8 Å². The van der Waals surface area contributed by atoms with Crippen molar-refractivity contribution in [3.05, 3.63) is 35.9 Å². The smallest absolute Gasteiger partial charge is 0.0936 e. The predicted molar refractivity (Wildman–Crippen MR) is 92.5 cm³/mol. The monoisotopic (exact) mass is 318 g/mol. The summed E-state index contributed by atoms with van der Waals surface area (Å²) in [4.78, 5) is 5.01. The molecule has 4 heteroatoms. The Labute approximate surface area is 140 Å². The van der Waals surface area contributed by atoms with Crippen molar-refractivity contribution in [1.82, 2.24) is 9.80 Å². The van der Waals surface area contributed by atoms with E-state index in [1.807, 2.05) is 0 Å². The molecular formula is C19H30N2O2. The van der Waals surface area contributed by atoms with E-state index in [-0.39, 0.29) is 6.10 Å². The molecule has 1 unspecified atom stereocenters. The third-order valence-electron chi connectivity index (χ3n) is 4.93. The summed E-state index contributed by atoms with van der Waals surface area (Å²) in [6.07, 6.45) is 2.87. The van der Waals surface area contributed by atoms with Crippen LogP contribution < -0.4 is 0 Å². The van der Waals surface area contributed by atoms with Crippen LogP contribution in [-0.4, -0.2) is 69.0 Å². The second-order valence-corrected chi connectivity index (χ2v) is 6.99. The first-order valence-corrected chi connectivity index (χ1v) is 8.94. The molecule has 128 valence electrons. The second-order valence-electron chi connectivity index (χ2n) is 6.99. The van der Waals surface area contributed by atoms with E-state index in [9.17, 15) is 0 Å². The fourth-order valence-electron chi connectivity index (χ4n) is 3.67. The quantitative estimate of drug-likeness (QED) is 0.803. The number of nitrogens with zero attached hydrogens (tertiary/aromatic N) is 2. The Bertz CT molecular complexity index is 440. The highest BCUT2D eigenvalue weighted by Gasteiger charge is 2.22. The molecule has 2 aliphatic heterocycles. The van der Waals surface area contributed by atoms with Gasteiger partial charge in [-0.3, -0.25) is 4.90 Å². The lowest BCUT2D eigenvalue weighted by atomic mass is 9.96. The van der Waals surface area contributed by atoms with Crippen LogP contribution in [0.5, 0.6) is 0 Å². The van der Waals surface area contributed by atoms with E-state index in [4.69, 9.17) is 9.47 Å². The molecule has 1 atom stereocenters. The summed E-state index contributed by atoms with van der Waals surface area (Å²) < 4.78 is 11.2. The van der Waals surface area contributed by atoms with Gasteiger partial charge >= 0.3 is 0 Å². The Kier molecular flexibility index (Phi) is 6.46. The molecule has 0 amide bonds. The molecule has 1 aromatic carbocycles. The van der Waals surface area contributed by atoms with Gasteiger partial charge in [-0.15, -0.1) is 0 Å². The van der Waals surface area contributed by atoms with E-state index in [1.165, 1.54) is 38.0 Å². The molecule has 0 radical (unpaired) electrons. The Morgan fingerprint density at radius 2 is 1.87 bits per heavy atom. The largest absolute Gasteiger partial charge is 0.376 e. The van der Waals surface area contributed by atoms with Gasteiger partial charge in [0.2, 0.25) is 0 Å². The first kappa shape index (κ1) is 16.9. The number of likely N-dealkylation sites (tertiary alicyclic amines) is 1. The van der Waals surface area contributed by atoms with Gasteiger partial charge in [-0.25, -0.2) is 0 Å². The Morgan fingerprint density at radius 1 is 1.09 bits per heavy atom. The van der Waals surface area contributed by atoms with Gasteiger partial charge in [-0.1, -0.05) is 30.3 Å². The second kappa shape index (κ2) is 8.78. The summed E-state index contributed by atoms with van der Waals surface area (Å²) in [5, 5.41) is 0. The highest BCUT2D eigenvalue weighted by molar-refractivity contribution is 5.14. The van der Waals surface area contributed by atoms with Crippen molar-refractivity contribution in [2.75, 3.05) is 53.0 Å². The summed E-state index contributed by atoms with van der Waals surface area (Å²) in [5.41, 5.74) is 1.43. The van der Waals surface area contributed by atoms with Crippen molar-refractivity contribution in [2.24, 2.45) is 5.92 Å². The first-order valence-electron chi connectivity index (χ1n) is 8.94. The Balaban J connectivity index is 1.35. The highest BCUT2D eigenvalue weighted by atomic mass is 16.6. The SMILES string of the molecule is CN(CC1CCN(Cc2ccccc2)CC1)CC1COCCO1. The fourth-order valence-corrected chi connectivity index (χ4v) is 3.67. The van der Waals surface area contributed by atoms with Gasteiger partial charge < -0.3 is 14.4 Å². The average molecular weight is 318 g/mol. The number of likely N-dealkylation sites (N-methyl/N-ethyl adjacent to an activating group) is 1. The molecule has 0 saturated carbocycles. The molecule has 4 nitrogen and oxygen atoms in total. The normalized spacial score (nSPS) is 24.2. The zero-order valence-electron chi connectivity index (χ0n) is 14.3. The van der Waals surface area contributed by atoms with Crippen LogP contribution in [0.4, 0.5) is 0 Å². The molecule has 2 fully saturated rings. The van der Waals surface area contributed by atoms with E-state index >= 15 is 0 Å². The Morgan fingerprint density at radius 3 is 2.57 bits per heavy atom. The van der Waals surface area contributed by atoms with Crippen LogP contribution in [0.2, 0.25) is 0 Å². The number of benzene rings is 1. The zero-order chi connectivity index (χ0) is 15.9. The third kappa shape index (κ3) is 5.57.